The first kappa shape index (κ1) is 26.7. The Kier molecular flexibility index (Phi) is 8.42. The minimum absolute atomic E-state index is 0.0513. The molecule has 1 aliphatic heterocycles. The van der Waals surface area contributed by atoms with Crippen LogP contribution in [-0.2, 0) is 29.7 Å². The predicted octanol–water partition coefficient (Wildman–Crippen LogP) is 5.24. The molecule has 1 saturated heterocycles. The molecule has 2 aromatic carbocycles. The molecule has 1 N–H and O–H groups in total. The summed E-state index contributed by atoms with van der Waals surface area (Å²) in [4.78, 5) is 14.9. The Balaban J connectivity index is 1.34. The van der Waals surface area contributed by atoms with E-state index < -0.39 is 10.0 Å². The number of benzene rings is 2. The summed E-state index contributed by atoms with van der Waals surface area (Å²) >= 11 is 12.4. The largest absolute Gasteiger partial charge is 0.467 e. The Labute approximate surface area is 222 Å². The summed E-state index contributed by atoms with van der Waals surface area (Å²) in [6.07, 6.45) is 3.85. The molecule has 1 amide bonds. The standard InChI is InChI=1S/C26H29Cl2N3O4S/c1-18-11-23(27)25(24(28)12-18)36(33,34)30(2)16-22-13-21(17-35-22)26(32)29-14-19-5-7-20(8-6-19)15-31-9-3-4-10-31/h5-8,11-13,17H,3-4,9-10,14-16H2,1-2H3,(H,29,32). The SMILES string of the molecule is Cc1cc(Cl)c(S(=O)(=O)N(C)Cc2cc(C(=O)NCc3ccc(CN4CCCC4)cc3)co2)c(Cl)c1. The first-order chi connectivity index (χ1) is 17.1. The van der Waals surface area contributed by atoms with Crippen LogP contribution in [0, 0.1) is 6.92 Å². The molecule has 7 nitrogen and oxygen atoms in total. The molecule has 0 aliphatic carbocycles. The van der Waals surface area contributed by atoms with Crippen molar-refractivity contribution in [1.82, 2.24) is 14.5 Å². The number of likely N-dealkylation sites (tertiary alicyclic amines) is 1. The maximum atomic E-state index is 13.0. The number of rotatable bonds is 9. The highest BCUT2D eigenvalue weighted by molar-refractivity contribution is 7.89. The number of nitrogens with one attached hydrogen (secondary N) is 1. The van der Waals surface area contributed by atoms with Crippen LogP contribution in [0.3, 0.4) is 0 Å². The zero-order valence-corrected chi connectivity index (χ0v) is 22.6. The van der Waals surface area contributed by atoms with Gasteiger partial charge in [-0.15, -0.1) is 0 Å². The highest BCUT2D eigenvalue weighted by atomic mass is 35.5. The van der Waals surface area contributed by atoms with Crippen molar-refractivity contribution in [1.29, 1.82) is 0 Å². The van der Waals surface area contributed by atoms with E-state index in [4.69, 9.17) is 27.6 Å². The van der Waals surface area contributed by atoms with Crippen molar-refractivity contribution in [2.24, 2.45) is 0 Å². The molecular weight excluding hydrogens is 521 g/mol. The predicted molar refractivity (Wildman–Crippen MR) is 141 cm³/mol. The van der Waals surface area contributed by atoms with E-state index in [1.807, 2.05) is 12.1 Å². The van der Waals surface area contributed by atoms with Crippen LogP contribution in [0.2, 0.25) is 10.0 Å². The van der Waals surface area contributed by atoms with Crippen molar-refractivity contribution >= 4 is 39.1 Å². The third-order valence-electron chi connectivity index (χ3n) is 6.19. The van der Waals surface area contributed by atoms with Crippen molar-refractivity contribution in [3.8, 4) is 0 Å². The summed E-state index contributed by atoms with van der Waals surface area (Å²) in [7, 11) is -2.58. The lowest BCUT2D eigenvalue weighted by Crippen LogP contribution is -2.27. The molecule has 10 heteroatoms. The van der Waals surface area contributed by atoms with Crippen molar-refractivity contribution in [3.05, 3.63) is 86.8 Å². The Morgan fingerprint density at radius 3 is 2.31 bits per heavy atom. The van der Waals surface area contributed by atoms with Crippen LogP contribution in [0.25, 0.3) is 0 Å². The highest BCUT2D eigenvalue weighted by Gasteiger charge is 2.28. The molecule has 0 atom stereocenters. The molecule has 0 unspecified atom stereocenters. The zero-order chi connectivity index (χ0) is 25.9. The van der Waals surface area contributed by atoms with Crippen LogP contribution in [0.5, 0.6) is 0 Å². The van der Waals surface area contributed by atoms with E-state index in [1.54, 1.807) is 19.1 Å². The van der Waals surface area contributed by atoms with Gasteiger partial charge >= 0.3 is 0 Å². The molecule has 1 fully saturated rings. The van der Waals surface area contributed by atoms with Crippen LogP contribution in [0.4, 0.5) is 0 Å². The van der Waals surface area contributed by atoms with Crippen LogP contribution in [-0.4, -0.2) is 43.7 Å². The van der Waals surface area contributed by atoms with Crippen LogP contribution < -0.4 is 5.32 Å². The minimum atomic E-state index is -3.98. The molecule has 2 heterocycles. The molecular formula is C26H29Cl2N3O4S. The Hall–Kier alpha value is -2.36. The monoisotopic (exact) mass is 549 g/mol. The first-order valence-electron chi connectivity index (χ1n) is 11.7. The summed E-state index contributed by atoms with van der Waals surface area (Å²) in [5, 5.41) is 2.98. The summed E-state index contributed by atoms with van der Waals surface area (Å²) < 4.78 is 32.6. The third-order valence-corrected chi connectivity index (χ3v) is 8.91. The van der Waals surface area contributed by atoms with E-state index in [-0.39, 0.29) is 27.4 Å². The lowest BCUT2D eigenvalue weighted by Gasteiger charge is -2.18. The average molecular weight is 551 g/mol. The maximum Gasteiger partial charge on any atom is 0.254 e. The number of furan rings is 1. The molecule has 4 rings (SSSR count). The van der Waals surface area contributed by atoms with E-state index in [9.17, 15) is 13.2 Å². The van der Waals surface area contributed by atoms with Gasteiger partial charge in [-0.2, -0.15) is 4.31 Å². The fraction of sp³-hybridized carbons (Fsp3) is 0.346. The van der Waals surface area contributed by atoms with Gasteiger partial charge in [0, 0.05) is 20.1 Å². The summed E-state index contributed by atoms with van der Waals surface area (Å²) in [6.45, 7) is 5.32. The molecule has 3 aromatic rings. The molecule has 0 radical (unpaired) electrons. The lowest BCUT2D eigenvalue weighted by molar-refractivity contribution is 0.0950. The minimum Gasteiger partial charge on any atom is -0.467 e. The number of hydrogen-bond acceptors (Lipinski definition) is 5. The van der Waals surface area contributed by atoms with Gasteiger partial charge in [-0.25, -0.2) is 8.42 Å². The first-order valence-corrected chi connectivity index (χ1v) is 13.9. The molecule has 1 aromatic heterocycles. The average Bonchev–Trinajstić information content (AvgIpc) is 3.50. The van der Waals surface area contributed by atoms with E-state index in [2.05, 4.69) is 22.3 Å². The normalized spacial score (nSPS) is 14.5. The van der Waals surface area contributed by atoms with Gasteiger partial charge in [-0.1, -0.05) is 47.5 Å². The smallest absolute Gasteiger partial charge is 0.254 e. The van der Waals surface area contributed by atoms with E-state index in [0.29, 0.717) is 17.9 Å². The highest BCUT2D eigenvalue weighted by Crippen LogP contribution is 2.33. The van der Waals surface area contributed by atoms with Crippen molar-refractivity contribution < 1.29 is 17.6 Å². The van der Waals surface area contributed by atoms with Gasteiger partial charge in [0.2, 0.25) is 10.0 Å². The molecule has 0 bridgehead atoms. The fourth-order valence-electron chi connectivity index (χ4n) is 4.22. The zero-order valence-electron chi connectivity index (χ0n) is 20.3. The summed E-state index contributed by atoms with van der Waals surface area (Å²) in [5.74, 6) is 0.0122. The van der Waals surface area contributed by atoms with Gasteiger partial charge in [0.05, 0.1) is 22.2 Å². The Bertz CT molecular complexity index is 1310. The number of carbonyl (C=O) groups excluding carboxylic acids is 1. The number of carbonyl (C=O) groups is 1. The number of sulfonamides is 1. The quantitative estimate of drug-likeness (QED) is 0.394. The van der Waals surface area contributed by atoms with Crippen LogP contribution in [0.1, 0.15) is 45.7 Å². The second kappa shape index (κ2) is 11.4. The fourth-order valence-corrected chi connectivity index (χ4v) is 6.62. The molecule has 0 saturated carbocycles. The van der Waals surface area contributed by atoms with Gasteiger partial charge in [-0.3, -0.25) is 9.69 Å². The molecule has 192 valence electrons. The van der Waals surface area contributed by atoms with Gasteiger partial charge in [0.1, 0.15) is 16.9 Å². The van der Waals surface area contributed by atoms with E-state index in [1.165, 1.54) is 37.8 Å². The summed E-state index contributed by atoms with van der Waals surface area (Å²) in [6, 6.07) is 12.9. The topological polar surface area (TPSA) is 82.9 Å². The van der Waals surface area contributed by atoms with E-state index in [0.717, 1.165) is 35.1 Å². The number of nitrogens with zero attached hydrogens (tertiary/aromatic N) is 2. The number of aryl methyl sites for hydroxylation is 1. The Morgan fingerprint density at radius 2 is 1.67 bits per heavy atom. The van der Waals surface area contributed by atoms with Crippen LogP contribution >= 0.6 is 23.2 Å². The number of amides is 1. The lowest BCUT2D eigenvalue weighted by atomic mass is 10.1. The second-order valence-corrected chi connectivity index (χ2v) is 11.9. The second-order valence-electron chi connectivity index (χ2n) is 9.10. The van der Waals surface area contributed by atoms with Crippen LogP contribution in [0.15, 0.2) is 58.0 Å². The molecule has 0 spiro atoms. The van der Waals surface area contributed by atoms with Gasteiger partial charge < -0.3 is 9.73 Å². The van der Waals surface area contributed by atoms with Gasteiger partial charge in [-0.05, 0) is 67.7 Å². The van der Waals surface area contributed by atoms with Gasteiger partial charge in [0.25, 0.3) is 5.91 Å². The molecule has 1 aliphatic rings. The van der Waals surface area contributed by atoms with Gasteiger partial charge in [0.15, 0.2) is 0 Å². The number of halogens is 2. The van der Waals surface area contributed by atoms with Crippen molar-refractivity contribution in [2.45, 2.75) is 44.3 Å². The molecule has 36 heavy (non-hydrogen) atoms. The third kappa shape index (κ3) is 6.30. The van der Waals surface area contributed by atoms with Crippen molar-refractivity contribution in [2.75, 3.05) is 20.1 Å². The van der Waals surface area contributed by atoms with Crippen molar-refractivity contribution in [3.63, 3.8) is 0 Å². The maximum absolute atomic E-state index is 13.0. The Morgan fingerprint density at radius 1 is 1.06 bits per heavy atom. The summed E-state index contributed by atoms with van der Waals surface area (Å²) in [5.41, 5.74) is 3.33. The van der Waals surface area contributed by atoms with E-state index >= 15 is 0 Å². The number of hydrogen-bond donors (Lipinski definition) is 1.